The molecule has 5 aliphatic rings. The maximum absolute atomic E-state index is 12.5. The molecule has 2 aliphatic carbocycles. The number of ether oxygens (including phenoxy) is 2. The molecule has 0 N–H and O–H groups in total. The second kappa shape index (κ2) is 8.64. The van der Waals surface area contributed by atoms with E-state index in [2.05, 4.69) is 34.1 Å². The van der Waals surface area contributed by atoms with Crippen molar-refractivity contribution in [1.82, 2.24) is 9.80 Å². The van der Waals surface area contributed by atoms with Crippen molar-refractivity contribution in [1.29, 1.82) is 0 Å². The van der Waals surface area contributed by atoms with Crippen LogP contribution in [0.3, 0.4) is 0 Å². The van der Waals surface area contributed by atoms with Gasteiger partial charge in [0.1, 0.15) is 5.75 Å². The lowest BCUT2D eigenvalue weighted by Crippen LogP contribution is -2.61. The molecule has 5 heteroatoms. The van der Waals surface area contributed by atoms with Crippen molar-refractivity contribution < 1.29 is 14.3 Å². The van der Waals surface area contributed by atoms with Crippen LogP contribution in [0.1, 0.15) is 69.3 Å². The highest BCUT2D eigenvalue weighted by Gasteiger charge is 2.52. The van der Waals surface area contributed by atoms with E-state index in [1.807, 2.05) is 0 Å². The molecule has 3 heterocycles. The molecule has 2 saturated carbocycles. The lowest BCUT2D eigenvalue weighted by molar-refractivity contribution is -0.161. The first-order valence-electron chi connectivity index (χ1n) is 13.1. The zero-order chi connectivity index (χ0) is 21.5. The van der Waals surface area contributed by atoms with Crippen LogP contribution in [0.5, 0.6) is 5.75 Å². The third kappa shape index (κ3) is 3.96. The minimum atomic E-state index is 0.143. The van der Waals surface area contributed by atoms with Crippen LogP contribution in [-0.2, 0) is 9.53 Å². The van der Waals surface area contributed by atoms with Crippen LogP contribution in [0.2, 0.25) is 0 Å². The van der Waals surface area contributed by atoms with E-state index in [-0.39, 0.29) is 5.92 Å². The maximum atomic E-state index is 12.5. The van der Waals surface area contributed by atoms with Crippen molar-refractivity contribution in [2.24, 2.45) is 11.3 Å². The average molecular weight is 439 g/mol. The molecule has 5 fully saturated rings. The molecule has 6 rings (SSSR count). The second-order valence-electron chi connectivity index (χ2n) is 11.2. The number of carbonyl (C=O) groups is 1. The van der Waals surface area contributed by atoms with Gasteiger partial charge in [-0.3, -0.25) is 4.79 Å². The summed E-state index contributed by atoms with van der Waals surface area (Å²) in [4.78, 5) is 17.3. The molecule has 0 radical (unpaired) electrons. The van der Waals surface area contributed by atoms with Gasteiger partial charge in [-0.25, -0.2) is 0 Å². The van der Waals surface area contributed by atoms with Crippen molar-refractivity contribution >= 4 is 5.91 Å². The Balaban J connectivity index is 1.01. The zero-order valence-corrected chi connectivity index (χ0v) is 19.3. The zero-order valence-electron chi connectivity index (χ0n) is 19.3. The van der Waals surface area contributed by atoms with Crippen LogP contribution in [0.15, 0.2) is 24.3 Å². The molecule has 32 heavy (non-hydrogen) atoms. The van der Waals surface area contributed by atoms with E-state index in [0.717, 1.165) is 18.8 Å². The Hall–Kier alpha value is -1.59. The monoisotopic (exact) mass is 438 g/mol. The van der Waals surface area contributed by atoms with Crippen LogP contribution in [0, 0.1) is 11.3 Å². The van der Waals surface area contributed by atoms with E-state index in [4.69, 9.17) is 9.47 Å². The number of hydrogen-bond donors (Lipinski definition) is 0. The third-order valence-corrected chi connectivity index (χ3v) is 9.03. The van der Waals surface area contributed by atoms with Gasteiger partial charge in [0, 0.05) is 24.5 Å². The molecule has 1 amide bonds. The smallest absolute Gasteiger partial charge is 0.230 e. The van der Waals surface area contributed by atoms with Gasteiger partial charge in [0.2, 0.25) is 5.91 Å². The Bertz CT molecular complexity index is 818. The summed E-state index contributed by atoms with van der Waals surface area (Å²) in [5.74, 6) is 2.25. The molecule has 5 nitrogen and oxygen atoms in total. The minimum absolute atomic E-state index is 0.143. The van der Waals surface area contributed by atoms with Gasteiger partial charge in [0.15, 0.2) is 0 Å². The summed E-state index contributed by atoms with van der Waals surface area (Å²) in [6.45, 7) is 5.64. The van der Waals surface area contributed by atoms with Crippen molar-refractivity contribution in [3.8, 4) is 5.75 Å². The van der Waals surface area contributed by atoms with Crippen molar-refractivity contribution in [2.75, 3.05) is 39.4 Å². The van der Waals surface area contributed by atoms with Crippen LogP contribution in [-0.4, -0.2) is 67.2 Å². The number of benzene rings is 1. The number of hydrogen-bond acceptors (Lipinski definition) is 4. The van der Waals surface area contributed by atoms with E-state index in [1.165, 1.54) is 76.4 Å². The summed E-state index contributed by atoms with van der Waals surface area (Å²) in [6.07, 6.45) is 11.8. The Kier molecular flexibility index (Phi) is 5.67. The molecule has 1 atom stereocenters. The van der Waals surface area contributed by atoms with E-state index >= 15 is 0 Å². The summed E-state index contributed by atoms with van der Waals surface area (Å²) >= 11 is 0. The number of amides is 1. The van der Waals surface area contributed by atoms with Crippen molar-refractivity contribution in [3.05, 3.63) is 29.8 Å². The maximum Gasteiger partial charge on any atom is 0.230 e. The highest BCUT2D eigenvalue weighted by Crippen LogP contribution is 2.48. The summed E-state index contributed by atoms with van der Waals surface area (Å²) in [5, 5.41) is 0. The van der Waals surface area contributed by atoms with E-state index in [9.17, 15) is 4.79 Å². The van der Waals surface area contributed by atoms with Gasteiger partial charge in [-0.2, -0.15) is 0 Å². The lowest BCUT2D eigenvalue weighted by Gasteiger charge is -2.50. The third-order valence-electron chi connectivity index (χ3n) is 9.03. The normalized spacial score (nSPS) is 29.2. The standard InChI is InChI=1S/C27H38N2O3/c30-26(21-16-31-17-21)29-18-27(19-29)12-9-22(15-27)28-13-10-20(11-14-28)24-7-3-4-8-25(24)32-23-5-1-2-6-23/h3-4,7-8,20-23H,1-2,5-6,9-19H2/t22-/m1/s1. The lowest BCUT2D eigenvalue weighted by atomic mass is 9.77. The second-order valence-corrected chi connectivity index (χ2v) is 11.2. The van der Waals surface area contributed by atoms with E-state index in [0.29, 0.717) is 42.6 Å². The van der Waals surface area contributed by atoms with Crippen LogP contribution in [0.25, 0.3) is 0 Å². The van der Waals surface area contributed by atoms with Gasteiger partial charge in [0.25, 0.3) is 0 Å². The largest absolute Gasteiger partial charge is 0.490 e. The molecule has 1 aromatic rings. The fourth-order valence-electron chi connectivity index (χ4n) is 7.02. The summed E-state index contributed by atoms with van der Waals surface area (Å²) in [7, 11) is 0. The minimum Gasteiger partial charge on any atom is -0.490 e. The van der Waals surface area contributed by atoms with E-state index in [1.54, 1.807) is 0 Å². The fraction of sp³-hybridized carbons (Fsp3) is 0.741. The Labute approximate surface area is 192 Å². The number of piperidine rings is 1. The van der Waals surface area contributed by atoms with Crippen molar-refractivity contribution in [3.63, 3.8) is 0 Å². The van der Waals surface area contributed by atoms with Gasteiger partial charge < -0.3 is 19.3 Å². The quantitative estimate of drug-likeness (QED) is 0.691. The predicted octanol–water partition coefficient (Wildman–Crippen LogP) is 4.21. The van der Waals surface area contributed by atoms with Gasteiger partial charge in [-0.05, 0) is 88.4 Å². The SMILES string of the molecule is O=C(C1COC1)N1CC2(CC[C@@H](N3CCC(c4ccccc4OC4CCCC4)CC3)C2)C1. The first-order chi connectivity index (χ1) is 15.7. The fourth-order valence-corrected chi connectivity index (χ4v) is 7.02. The molecular weight excluding hydrogens is 400 g/mol. The van der Waals surface area contributed by atoms with Gasteiger partial charge in [-0.1, -0.05) is 18.2 Å². The molecule has 0 unspecified atom stereocenters. The van der Waals surface area contributed by atoms with Crippen molar-refractivity contribution in [2.45, 2.75) is 75.9 Å². The van der Waals surface area contributed by atoms with E-state index < -0.39 is 0 Å². The number of para-hydroxylation sites is 1. The number of rotatable bonds is 5. The molecular formula is C27H38N2O3. The molecule has 0 aromatic heterocycles. The Morgan fingerprint density at radius 2 is 1.75 bits per heavy atom. The highest BCUT2D eigenvalue weighted by molar-refractivity contribution is 5.80. The van der Waals surface area contributed by atoms with Crippen LogP contribution in [0.4, 0.5) is 0 Å². The van der Waals surface area contributed by atoms with Gasteiger partial charge in [-0.15, -0.1) is 0 Å². The first kappa shape index (κ1) is 21.0. The van der Waals surface area contributed by atoms with Gasteiger partial charge in [0.05, 0.1) is 25.2 Å². The Morgan fingerprint density at radius 1 is 1.00 bits per heavy atom. The molecule has 3 saturated heterocycles. The number of carbonyl (C=O) groups excluding carboxylic acids is 1. The molecule has 1 aromatic carbocycles. The van der Waals surface area contributed by atoms with Crippen LogP contribution >= 0.6 is 0 Å². The Morgan fingerprint density at radius 3 is 2.47 bits per heavy atom. The summed E-state index contributed by atoms with van der Waals surface area (Å²) < 4.78 is 11.6. The summed E-state index contributed by atoms with van der Waals surface area (Å²) in [6, 6.07) is 9.53. The molecule has 174 valence electrons. The van der Waals surface area contributed by atoms with Gasteiger partial charge >= 0.3 is 0 Å². The molecule has 0 bridgehead atoms. The number of nitrogens with zero attached hydrogens (tertiary/aromatic N) is 2. The molecule has 1 spiro atoms. The predicted molar refractivity (Wildman–Crippen MR) is 124 cm³/mol. The first-order valence-corrected chi connectivity index (χ1v) is 13.1. The van der Waals surface area contributed by atoms with Crippen LogP contribution < -0.4 is 4.74 Å². The highest BCUT2D eigenvalue weighted by atomic mass is 16.5. The average Bonchev–Trinajstić information content (AvgIpc) is 3.42. The number of likely N-dealkylation sites (tertiary alicyclic amines) is 2. The molecule has 3 aliphatic heterocycles. The summed E-state index contributed by atoms with van der Waals surface area (Å²) in [5.41, 5.74) is 1.85. The topological polar surface area (TPSA) is 42.0 Å².